The van der Waals surface area contributed by atoms with Crippen LogP contribution in [0.5, 0.6) is 0 Å². The van der Waals surface area contributed by atoms with Gasteiger partial charge in [-0.05, 0) is 42.8 Å². The van der Waals surface area contributed by atoms with Crippen molar-refractivity contribution in [1.82, 2.24) is 4.98 Å². The second kappa shape index (κ2) is 7.25. The van der Waals surface area contributed by atoms with Crippen LogP contribution in [0, 0.1) is 11.6 Å². The third-order valence-electron chi connectivity index (χ3n) is 4.43. The molecule has 1 aliphatic heterocycles. The largest absolute Gasteiger partial charge is 0.503 e. The number of hydrogen-bond donors (Lipinski definition) is 1. The molecule has 0 saturated heterocycles. The lowest BCUT2D eigenvalue weighted by Gasteiger charge is -2.24. The van der Waals surface area contributed by atoms with Crippen LogP contribution >= 0.6 is 11.3 Å². The first-order valence-electron chi connectivity index (χ1n) is 8.66. The van der Waals surface area contributed by atoms with E-state index < -0.39 is 35.3 Å². The molecule has 0 aliphatic carbocycles. The molecule has 2 aromatic carbocycles. The number of aliphatic hydroxyl groups excluding tert-OH is 1. The highest BCUT2D eigenvalue weighted by molar-refractivity contribution is 7.22. The Labute approximate surface area is 167 Å². The van der Waals surface area contributed by atoms with Crippen LogP contribution in [-0.4, -0.2) is 28.6 Å². The number of carbonyl (C=O) groups excluding carboxylic acids is 2. The molecule has 4 rings (SSSR count). The minimum Gasteiger partial charge on any atom is -0.503 e. The Kier molecular flexibility index (Phi) is 4.75. The summed E-state index contributed by atoms with van der Waals surface area (Å²) in [6, 6.07) is 8.12. The van der Waals surface area contributed by atoms with Crippen LogP contribution in [0.25, 0.3) is 10.2 Å². The van der Waals surface area contributed by atoms with Crippen molar-refractivity contribution in [2.45, 2.75) is 13.0 Å². The van der Waals surface area contributed by atoms with E-state index in [2.05, 4.69) is 4.98 Å². The van der Waals surface area contributed by atoms with Crippen molar-refractivity contribution in [3.05, 3.63) is 71.0 Å². The number of nitrogens with zero attached hydrogens (tertiary/aromatic N) is 2. The number of aliphatic hydroxyl groups is 1. The number of esters is 1. The zero-order valence-corrected chi connectivity index (χ0v) is 15.9. The van der Waals surface area contributed by atoms with Crippen molar-refractivity contribution in [3.8, 4) is 0 Å². The average Bonchev–Trinajstić information content (AvgIpc) is 3.21. The fourth-order valence-corrected chi connectivity index (χ4v) is 4.19. The number of thiazole rings is 1. The molecule has 1 aromatic heterocycles. The smallest absolute Gasteiger partial charge is 0.340 e. The summed E-state index contributed by atoms with van der Waals surface area (Å²) >= 11 is 1.03. The monoisotopic (exact) mass is 416 g/mol. The minimum atomic E-state index is -1.06. The highest BCUT2D eigenvalue weighted by atomic mass is 32.1. The second-order valence-electron chi connectivity index (χ2n) is 6.22. The van der Waals surface area contributed by atoms with E-state index in [4.69, 9.17) is 4.74 Å². The number of amides is 1. The molecule has 2 heterocycles. The van der Waals surface area contributed by atoms with Crippen molar-refractivity contribution < 1.29 is 28.2 Å². The molecule has 1 atom stereocenters. The van der Waals surface area contributed by atoms with Gasteiger partial charge in [-0.2, -0.15) is 0 Å². The summed E-state index contributed by atoms with van der Waals surface area (Å²) in [4.78, 5) is 30.8. The first-order valence-corrected chi connectivity index (χ1v) is 9.47. The molecule has 0 fully saturated rings. The van der Waals surface area contributed by atoms with E-state index in [0.717, 1.165) is 16.2 Å². The van der Waals surface area contributed by atoms with Gasteiger partial charge >= 0.3 is 5.97 Å². The Morgan fingerprint density at radius 3 is 2.59 bits per heavy atom. The van der Waals surface area contributed by atoms with Gasteiger partial charge in [0.2, 0.25) is 0 Å². The van der Waals surface area contributed by atoms with Gasteiger partial charge in [-0.15, -0.1) is 0 Å². The number of hydrogen-bond acceptors (Lipinski definition) is 6. The Morgan fingerprint density at radius 2 is 1.90 bits per heavy atom. The van der Waals surface area contributed by atoms with Gasteiger partial charge in [-0.25, -0.2) is 18.6 Å². The van der Waals surface area contributed by atoms with Gasteiger partial charge in [0.05, 0.1) is 16.8 Å². The average molecular weight is 416 g/mol. The van der Waals surface area contributed by atoms with E-state index >= 15 is 0 Å². The van der Waals surface area contributed by atoms with Gasteiger partial charge in [0, 0.05) is 0 Å². The summed E-state index contributed by atoms with van der Waals surface area (Å²) in [5.74, 6) is -3.41. The number of carbonyl (C=O) groups is 2. The predicted molar refractivity (Wildman–Crippen MR) is 102 cm³/mol. The van der Waals surface area contributed by atoms with Crippen LogP contribution in [0.4, 0.5) is 13.9 Å². The molecule has 1 N–H and O–H groups in total. The van der Waals surface area contributed by atoms with E-state index in [0.29, 0.717) is 15.8 Å². The van der Waals surface area contributed by atoms with Gasteiger partial charge in [0.15, 0.2) is 10.9 Å². The molecule has 3 aromatic rings. The fourth-order valence-electron chi connectivity index (χ4n) is 3.17. The van der Waals surface area contributed by atoms with Crippen molar-refractivity contribution >= 4 is 38.6 Å². The lowest BCUT2D eigenvalue weighted by Crippen LogP contribution is -2.31. The maximum atomic E-state index is 13.5. The van der Waals surface area contributed by atoms with Gasteiger partial charge in [0.1, 0.15) is 23.2 Å². The normalized spacial score (nSPS) is 16.7. The van der Waals surface area contributed by atoms with E-state index in [-0.39, 0.29) is 17.3 Å². The summed E-state index contributed by atoms with van der Waals surface area (Å²) in [5.41, 5.74) is 0.590. The zero-order chi connectivity index (χ0) is 20.7. The molecule has 0 saturated carbocycles. The number of ether oxygens (including phenoxy) is 1. The molecular weight excluding hydrogens is 402 g/mol. The minimum absolute atomic E-state index is 0.0420. The van der Waals surface area contributed by atoms with Gasteiger partial charge in [-0.1, -0.05) is 23.5 Å². The Morgan fingerprint density at radius 1 is 1.21 bits per heavy atom. The first-order chi connectivity index (χ1) is 13.9. The number of benzene rings is 2. The number of fused-ring (bicyclic) bond motifs is 1. The molecule has 0 bridgehead atoms. The SMILES string of the molecule is CCOC(=O)C1=C(O)C(=O)N(c2nc3ccc(F)cc3s2)C1c1ccc(F)cc1. The molecule has 148 valence electrons. The highest BCUT2D eigenvalue weighted by Gasteiger charge is 2.46. The molecule has 1 aliphatic rings. The molecule has 1 amide bonds. The maximum Gasteiger partial charge on any atom is 0.340 e. The molecule has 0 radical (unpaired) electrons. The third kappa shape index (κ3) is 3.23. The van der Waals surface area contributed by atoms with Crippen LogP contribution in [0.2, 0.25) is 0 Å². The summed E-state index contributed by atoms with van der Waals surface area (Å²) in [6.45, 7) is 1.64. The van der Waals surface area contributed by atoms with Crippen LogP contribution in [0.15, 0.2) is 53.8 Å². The highest BCUT2D eigenvalue weighted by Crippen LogP contribution is 2.43. The predicted octanol–water partition coefficient (Wildman–Crippen LogP) is 4.04. The molecule has 0 spiro atoms. The molecule has 9 heteroatoms. The van der Waals surface area contributed by atoms with Crippen LogP contribution in [-0.2, 0) is 14.3 Å². The molecular formula is C20H14F2N2O4S. The Bertz CT molecular complexity index is 1160. The summed E-state index contributed by atoms with van der Waals surface area (Å²) in [5, 5.41) is 10.6. The van der Waals surface area contributed by atoms with E-state index in [1.807, 2.05) is 0 Å². The molecule has 1 unspecified atom stereocenters. The standard InChI is InChI=1S/C20H14F2N2O4S/c1-2-28-19(27)15-16(10-3-5-11(21)6-4-10)24(18(26)17(15)25)20-23-13-8-7-12(22)9-14(13)29-20/h3-9,16,25H,2H2,1H3. The third-order valence-corrected chi connectivity index (χ3v) is 5.45. The number of rotatable bonds is 4. The number of anilines is 1. The van der Waals surface area contributed by atoms with Gasteiger partial charge in [0.25, 0.3) is 5.91 Å². The number of aromatic nitrogens is 1. The van der Waals surface area contributed by atoms with Crippen molar-refractivity contribution in [2.24, 2.45) is 0 Å². The lowest BCUT2D eigenvalue weighted by atomic mass is 9.99. The zero-order valence-electron chi connectivity index (χ0n) is 15.1. The lowest BCUT2D eigenvalue weighted by molar-refractivity contribution is -0.139. The van der Waals surface area contributed by atoms with Gasteiger partial charge < -0.3 is 9.84 Å². The van der Waals surface area contributed by atoms with Crippen molar-refractivity contribution in [2.75, 3.05) is 11.5 Å². The second-order valence-corrected chi connectivity index (χ2v) is 7.23. The summed E-state index contributed by atoms with van der Waals surface area (Å²) in [7, 11) is 0. The fraction of sp³-hybridized carbons (Fsp3) is 0.150. The van der Waals surface area contributed by atoms with E-state index in [1.54, 1.807) is 6.92 Å². The van der Waals surface area contributed by atoms with Crippen LogP contribution < -0.4 is 4.90 Å². The van der Waals surface area contributed by atoms with Crippen LogP contribution in [0.1, 0.15) is 18.5 Å². The van der Waals surface area contributed by atoms with E-state index in [1.165, 1.54) is 42.5 Å². The van der Waals surface area contributed by atoms with E-state index in [9.17, 15) is 23.5 Å². The van der Waals surface area contributed by atoms with Crippen LogP contribution in [0.3, 0.4) is 0 Å². The maximum absolute atomic E-state index is 13.5. The topological polar surface area (TPSA) is 79.7 Å². The van der Waals surface area contributed by atoms with Crippen molar-refractivity contribution in [3.63, 3.8) is 0 Å². The number of halogens is 2. The molecule has 6 nitrogen and oxygen atoms in total. The first kappa shape index (κ1) is 19.0. The molecule has 29 heavy (non-hydrogen) atoms. The quantitative estimate of drug-likeness (QED) is 0.650. The Balaban J connectivity index is 1.87. The Hall–Kier alpha value is -3.33. The van der Waals surface area contributed by atoms with Gasteiger partial charge in [-0.3, -0.25) is 9.69 Å². The summed E-state index contributed by atoms with van der Waals surface area (Å²) in [6.07, 6.45) is 0. The summed E-state index contributed by atoms with van der Waals surface area (Å²) < 4.78 is 32.5. The van der Waals surface area contributed by atoms with Crippen molar-refractivity contribution in [1.29, 1.82) is 0 Å².